The minimum absolute atomic E-state index is 0.0392. The molecule has 0 radical (unpaired) electrons. The molecule has 0 aromatic heterocycles. The van der Waals surface area contributed by atoms with Gasteiger partial charge in [0.25, 0.3) is 0 Å². The van der Waals surface area contributed by atoms with Crippen LogP contribution in [0.1, 0.15) is 46.5 Å². The second-order valence-electron chi connectivity index (χ2n) is 6.03. The molecule has 0 aliphatic carbocycles. The van der Waals surface area contributed by atoms with Gasteiger partial charge in [-0.15, -0.1) is 0 Å². The molecule has 0 amide bonds. The molecule has 0 spiro atoms. The summed E-state index contributed by atoms with van der Waals surface area (Å²) in [7, 11) is 0. The van der Waals surface area contributed by atoms with Gasteiger partial charge in [-0.25, -0.2) is 0 Å². The Hall–Kier alpha value is -1.09. The summed E-state index contributed by atoms with van der Waals surface area (Å²) in [6.45, 7) is 8.69. The van der Waals surface area contributed by atoms with E-state index in [0.717, 1.165) is 25.9 Å². The van der Waals surface area contributed by atoms with Crippen molar-refractivity contribution in [3.63, 3.8) is 0 Å². The molecular weight excluding hydrogens is 264 g/mol. The molecule has 3 heteroatoms. The van der Waals surface area contributed by atoms with Crippen LogP contribution in [0.4, 0.5) is 5.69 Å². The van der Waals surface area contributed by atoms with Crippen molar-refractivity contribution in [3.8, 4) is 0 Å². The largest absolute Gasteiger partial charge is 0.393 e. The number of unbranched alkanes of at least 4 members (excludes halogenated alkanes) is 1. The molecule has 2 N–H and O–H groups in total. The highest BCUT2D eigenvalue weighted by Gasteiger charge is 2.21. The summed E-state index contributed by atoms with van der Waals surface area (Å²) in [5.41, 5.74) is 7.07. The van der Waals surface area contributed by atoms with Gasteiger partial charge in [-0.05, 0) is 31.4 Å². The predicted molar refractivity (Wildman–Crippen MR) is 93.4 cm³/mol. The van der Waals surface area contributed by atoms with Crippen LogP contribution in [0.5, 0.6) is 0 Å². The second-order valence-corrected chi connectivity index (χ2v) is 6.47. The van der Waals surface area contributed by atoms with Gasteiger partial charge in [0.15, 0.2) is 0 Å². The van der Waals surface area contributed by atoms with E-state index in [0.29, 0.717) is 4.99 Å². The first-order valence-corrected chi connectivity index (χ1v) is 7.98. The van der Waals surface area contributed by atoms with Crippen molar-refractivity contribution in [1.29, 1.82) is 0 Å². The van der Waals surface area contributed by atoms with E-state index in [1.54, 1.807) is 0 Å². The maximum absolute atomic E-state index is 5.80. The number of nitrogens with zero attached hydrogens (tertiary/aromatic N) is 1. The molecule has 112 valence electrons. The third-order valence-corrected chi connectivity index (χ3v) is 4.35. The van der Waals surface area contributed by atoms with Gasteiger partial charge in [0.05, 0.1) is 4.99 Å². The first-order chi connectivity index (χ1) is 9.47. The summed E-state index contributed by atoms with van der Waals surface area (Å²) in [6.07, 6.45) is 4.61. The molecule has 0 aliphatic heterocycles. The van der Waals surface area contributed by atoms with Crippen molar-refractivity contribution in [2.45, 2.75) is 46.5 Å². The number of thiocarbonyl (C=S) groups is 1. The van der Waals surface area contributed by atoms with Gasteiger partial charge < -0.3 is 10.6 Å². The summed E-state index contributed by atoms with van der Waals surface area (Å²) < 4.78 is 0. The van der Waals surface area contributed by atoms with E-state index in [4.69, 9.17) is 18.0 Å². The fourth-order valence-corrected chi connectivity index (χ4v) is 2.29. The number of nitrogens with two attached hydrogens (primary N) is 1. The van der Waals surface area contributed by atoms with E-state index in [2.05, 4.69) is 56.0 Å². The Balaban J connectivity index is 2.56. The first kappa shape index (κ1) is 17.0. The highest BCUT2D eigenvalue weighted by Crippen LogP contribution is 2.24. The molecule has 0 saturated carbocycles. The monoisotopic (exact) mass is 292 g/mol. The zero-order valence-corrected chi connectivity index (χ0v) is 13.9. The highest BCUT2D eigenvalue weighted by molar-refractivity contribution is 7.80. The summed E-state index contributed by atoms with van der Waals surface area (Å²) in [4.78, 5) is 3.09. The van der Waals surface area contributed by atoms with E-state index in [1.807, 2.05) is 0 Å². The normalized spacial score (nSPS) is 11.3. The van der Waals surface area contributed by atoms with Crippen molar-refractivity contribution >= 4 is 22.9 Å². The van der Waals surface area contributed by atoms with Crippen molar-refractivity contribution < 1.29 is 0 Å². The quantitative estimate of drug-likeness (QED) is 0.685. The van der Waals surface area contributed by atoms with E-state index >= 15 is 0 Å². The second kappa shape index (κ2) is 8.25. The Morgan fingerprint density at radius 3 is 2.30 bits per heavy atom. The van der Waals surface area contributed by atoms with E-state index in [9.17, 15) is 0 Å². The highest BCUT2D eigenvalue weighted by atomic mass is 32.1. The Kier molecular flexibility index (Phi) is 7.00. The predicted octanol–water partition coefficient (Wildman–Crippen LogP) is 4.39. The molecule has 0 heterocycles. The lowest BCUT2D eigenvalue weighted by Crippen LogP contribution is -2.32. The van der Waals surface area contributed by atoms with Crippen LogP contribution in [0.15, 0.2) is 30.3 Å². The third-order valence-electron chi connectivity index (χ3n) is 3.80. The summed E-state index contributed by atoms with van der Waals surface area (Å²) in [5, 5.41) is 0. The smallest absolute Gasteiger partial charge is 0.0784 e. The lowest BCUT2D eigenvalue weighted by atomic mass is 9.88. The van der Waals surface area contributed by atoms with Crippen molar-refractivity contribution in [2.75, 3.05) is 18.0 Å². The molecule has 0 bridgehead atoms. The van der Waals surface area contributed by atoms with Gasteiger partial charge in [-0.3, -0.25) is 0 Å². The van der Waals surface area contributed by atoms with Gasteiger partial charge in [-0.1, -0.05) is 57.6 Å². The van der Waals surface area contributed by atoms with Crippen LogP contribution in [0.25, 0.3) is 0 Å². The van der Waals surface area contributed by atoms with Crippen molar-refractivity contribution in [1.82, 2.24) is 0 Å². The zero-order valence-electron chi connectivity index (χ0n) is 13.1. The molecule has 2 nitrogen and oxygen atoms in total. The minimum Gasteiger partial charge on any atom is -0.393 e. The van der Waals surface area contributed by atoms with Crippen LogP contribution in [-0.2, 0) is 0 Å². The summed E-state index contributed by atoms with van der Waals surface area (Å²) in [5.74, 6) is 0. The molecule has 1 aromatic rings. The van der Waals surface area contributed by atoms with Crippen LogP contribution in [0.2, 0.25) is 0 Å². The van der Waals surface area contributed by atoms with E-state index in [-0.39, 0.29) is 5.41 Å². The van der Waals surface area contributed by atoms with E-state index in [1.165, 1.54) is 18.5 Å². The van der Waals surface area contributed by atoms with Gasteiger partial charge >= 0.3 is 0 Å². The Morgan fingerprint density at radius 1 is 1.15 bits per heavy atom. The van der Waals surface area contributed by atoms with Gasteiger partial charge in [0.1, 0.15) is 0 Å². The van der Waals surface area contributed by atoms with Gasteiger partial charge in [-0.2, -0.15) is 0 Å². The van der Waals surface area contributed by atoms with E-state index < -0.39 is 0 Å². The van der Waals surface area contributed by atoms with Crippen LogP contribution in [-0.4, -0.2) is 18.1 Å². The topological polar surface area (TPSA) is 29.3 Å². The molecule has 0 fully saturated rings. The van der Waals surface area contributed by atoms with Crippen LogP contribution < -0.4 is 10.6 Å². The SMILES string of the molecule is CCCCN(CCCC(C)(C)C(N)=S)c1ccccc1. The number of hydrogen-bond acceptors (Lipinski definition) is 2. The first-order valence-electron chi connectivity index (χ1n) is 7.57. The fraction of sp³-hybridized carbons (Fsp3) is 0.588. The maximum atomic E-state index is 5.80. The average molecular weight is 292 g/mol. The summed E-state index contributed by atoms with van der Waals surface area (Å²) in [6, 6.07) is 10.7. The van der Waals surface area contributed by atoms with Crippen LogP contribution in [0, 0.1) is 5.41 Å². The lowest BCUT2D eigenvalue weighted by Gasteiger charge is -2.28. The van der Waals surface area contributed by atoms with Crippen LogP contribution >= 0.6 is 12.2 Å². The molecule has 0 aliphatic rings. The standard InChI is InChI=1S/C17H28N2S/c1-4-5-13-19(15-10-7-6-8-11-15)14-9-12-17(2,3)16(18)20/h6-8,10-11H,4-5,9,12-14H2,1-3H3,(H2,18,20). The molecule has 1 aromatic carbocycles. The van der Waals surface area contributed by atoms with Crippen LogP contribution in [0.3, 0.4) is 0 Å². The summed E-state index contributed by atoms with van der Waals surface area (Å²) >= 11 is 5.14. The Morgan fingerprint density at radius 2 is 1.75 bits per heavy atom. The maximum Gasteiger partial charge on any atom is 0.0784 e. The zero-order chi connectivity index (χ0) is 15.0. The minimum atomic E-state index is -0.0392. The molecule has 0 saturated heterocycles. The average Bonchev–Trinajstić information content (AvgIpc) is 2.43. The number of hydrogen-bond donors (Lipinski definition) is 1. The van der Waals surface area contributed by atoms with Crippen molar-refractivity contribution in [3.05, 3.63) is 30.3 Å². The number of para-hydroxylation sites is 1. The fourth-order valence-electron chi connectivity index (χ4n) is 2.19. The lowest BCUT2D eigenvalue weighted by molar-refractivity contribution is 0.457. The third kappa shape index (κ3) is 5.49. The van der Waals surface area contributed by atoms with Gasteiger partial charge in [0, 0.05) is 24.2 Å². The molecule has 0 unspecified atom stereocenters. The number of rotatable bonds is 9. The molecular formula is C17H28N2S. The molecule has 20 heavy (non-hydrogen) atoms. The Labute approximate surface area is 129 Å². The number of benzene rings is 1. The van der Waals surface area contributed by atoms with Crippen molar-refractivity contribution in [2.24, 2.45) is 11.1 Å². The molecule has 1 rings (SSSR count). The Bertz CT molecular complexity index is 401. The van der Waals surface area contributed by atoms with Gasteiger partial charge in [0.2, 0.25) is 0 Å². The molecule has 0 atom stereocenters. The number of anilines is 1.